The average molecular weight is 429 g/mol. The summed E-state index contributed by atoms with van der Waals surface area (Å²) in [6.07, 6.45) is 0.889. The van der Waals surface area contributed by atoms with Crippen LogP contribution >= 0.6 is 0 Å². The van der Waals surface area contributed by atoms with Crippen molar-refractivity contribution in [2.75, 3.05) is 12.4 Å². The second-order valence-corrected chi connectivity index (χ2v) is 9.24. The van der Waals surface area contributed by atoms with Gasteiger partial charge in [0.15, 0.2) is 5.58 Å². The highest BCUT2D eigenvalue weighted by atomic mass is 32.2. The lowest BCUT2D eigenvalue weighted by Crippen LogP contribution is -2.30. The molecule has 0 saturated carbocycles. The predicted octanol–water partition coefficient (Wildman–Crippen LogP) is 3.29. The largest absolute Gasteiger partial charge is 0.494 e. The third kappa shape index (κ3) is 3.39. The zero-order valence-corrected chi connectivity index (χ0v) is 17.9. The van der Waals surface area contributed by atoms with Gasteiger partial charge in [-0.05, 0) is 44.0 Å². The van der Waals surface area contributed by atoms with Gasteiger partial charge in [0.05, 0.1) is 35.6 Å². The molecule has 0 radical (unpaired) electrons. The van der Waals surface area contributed by atoms with Crippen molar-refractivity contribution in [2.45, 2.75) is 33.7 Å². The molecular weight excluding hydrogens is 406 g/mol. The Morgan fingerprint density at radius 1 is 1.13 bits per heavy atom. The molecule has 4 aromatic rings. The third-order valence-corrected chi connectivity index (χ3v) is 6.66. The fourth-order valence-corrected chi connectivity index (χ4v) is 4.50. The molecule has 0 unspecified atom stereocenters. The van der Waals surface area contributed by atoms with Crippen LogP contribution in [0.2, 0.25) is 0 Å². The van der Waals surface area contributed by atoms with Gasteiger partial charge < -0.3 is 9.26 Å². The number of nitrogens with zero attached hydrogens (tertiary/aromatic N) is 3. The van der Waals surface area contributed by atoms with Crippen LogP contribution in [-0.4, -0.2) is 34.5 Å². The zero-order valence-electron chi connectivity index (χ0n) is 17.1. The van der Waals surface area contributed by atoms with E-state index in [0.717, 1.165) is 21.3 Å². The van der Waals surface area contributed by atoms with Crippen molar-refractivity contribution < 1.29 is 17.7 Å². The Balaban J connectivity index is 1.93. The highest BCUT2D eigenvalue weighted by Crippen LogP contribution is 2.26. The van der Waals surface area contributed by atoms with Gasteiger partial charge in [0, 0.05) is 11.5 Å². The first-order chi connectivity index (χ1) is 14.4. The molecule has 0 N–H and O–H groups in total. The van der Waals surface area contributed by atoms with Crippen LogP contribution in [-0.2, 0) is 16.6 Å². The molecule has 9 heteroatoms. The second kappa shape index (κ2) is 7.64. The van der Waals surface area contributed by atoms with Crippen LogP contribution in [0.15, 0.2) is 45.7 Å². The Hall–Kier alpha value is -3.07. The quantitative estimate of drug-likeness (QED) is 0.447. The number of benzene rings is 2. The summed E-state index contributed by atoms with van der Waals surface area (Å²) in [7, 11) is -3.81. The molecule has 2 aromatic heterocycles. The summed E-state index contributed by atoms with van der Waals surface area (Å²) in [5.74, 6) is 0.518. The van der Waals surface area contributed by atoms with Gasteiger partial charge in [0.1, 0.15) is 5.75 Å². The number of aromatic nitrogens is 3. The van der Waals surface area contributed by atoms with Gasteiger partial charge in [-0.2, -0.15) is 3.97 Å². The Morgan fingerprint density at radius 3 is 2.67 bits per heavy atom. The summed E-state index contributed by atoms with van der Waals surface area (Å²) in [5.41, 5.74) is 2.13. The molecule has 30 heavy (non-hydrogen) atoms. The summed E-state index contributed by atoms with van der Waals surface area (Å²) in [6, 6.07) is 10.8. The molecule has 0 aliphatic rings. The number of hydrogen-bond donors (Lipinski definition) is 0. The molecule has 0 aliphatic carbocycles. The monoisotopic (exact) mass is 429 g/mol. The highest BCUT2D eigenvalue weighted by molar-refractivity contribution is 7.90. The molecular formula is C21H23N3O5S. The Bertz CT molecular complexity index is 1400. The number of rotatable bonds is 7. The maximum absolute atomic E-state index is 13.2. The van der Waals surface area contributed by atoms with E-state index in [2.05, 4.69) is 5.16 Å². The van der Waals surface area contributed by atoms with Gasteiger partial charge in [0.25, 0.3) is 0 Å². The number of ether oxygens (including phenoxy) is 1. The van der Waals surface area contributed by atoms with Crippen molar-refractivity contribution in [1.29, 1.82) is 0 Å². The van der Waals surface area contributed by atoms with E-state index in [-0.39, 0.29) is 17.8 Å². The van der Waals surface area contributed by atoms with E-state index >= 15 is 0 Å². The van der Waals surface area contributed by atoms with Gasteiger partial charge >= 0.3 is 5.69 Å². The lowest BCUT2D eigenvalue weighted by atomic mass is 10.2. The highest BCUT2D eigenvalue weighted by Gasteiger charge is 2.24. The maximum Gasteiger partial charge on any atom is 0.343 e. The molecule has 0 spiro atoms. The van der Waals surface area contributed by atoms with Crippen molar-refractivity contribution in [3.63, 3.8) is 0 Å². The van der Waals surface area contributed by atoms with E-state index in [9.17, 15) is 13.2 Å². The predicted molar refractivity (Wildman–Crippen MR) is 115 cm³/mol. The SMILES string of the molecule is CCCOc1cccc(Cn2c(=O)n(S(=O)(=O)CC)c3cc4onc(C)c4cc32)c1. The summed E-state index contributed by atoms with van der Waals surface area (Å²) >= 11 is 0. The zero-order chi connectivity index (χ0) is 21.5. The normalized spacial score (nSPS) is 12.1. The molecule has 0 amide bonds. The topological polar surface area (TPSA) is 96.3 Å². The maximum atomic E-state index is 13.2. The van der Waals surface area contributed by atoms with Crippen LogP contribution in [0, 0.1) is 6.92 Å². The fourth-order valence-electron chi connectivity index (χ4n) is 3.46. The van der Waals surface area contributed by atoms with Gasteiger partial charge in [-0.15, -0.1) is 0 Å². The smallest absolute Gasteiger partial charge is 0.343 e. The first-order valence-electron chi connectivity index (χ1n) is 9.82. The average Bonchev–Trinajstić information content (AvgIpc) is 3.22. The van der Waals surface area contributed by atoms with Crippen molar-refractivity contribution >= 4 is 32.0 Å². The van der Waals surface area contributed by atoms with E-state index in [4.69, 9.17) is 9.26 Å². The summed E-state index contributed by atoms with van der Waals surface area (Å²) in [4.78, 5) is 13.2. The van der Waals surface area contributed by atoms with Gasteiger partial charge in [-0.3, -0.25) is 4.57 Å². The molecule has 2 aromatic carbocycles. The standard InChI is InChI=1S/C21H23N3O5S/c1-4-9-28-16-8-6-7-15(10-16)13-23-18-11-17-14(3)22-29-20(17)12-19(18)24(21(23)25)30(26,27)5-2/h6-8,10-12H,4-5,9,13H2,1-3H3. The first kappa shape index (κ1) is 20.2. The third-order valence-electron chi connectivity index (χ3n) is 5.02. The Morgan fingerprint density at radius 2 is 1.93 bits per heavy atom. The Kier molecular flexibility index (Phi) is 5.15. The molecule has 8 nitrogen and oxygen atoms in total. The van der Waals surface area contributed by atoms with Crippen LogP contribution in [0.1, 0.15) is 31.5 Å². The van der Waals surface area contributed by atoms with E-state index < -0.39 is 15.7 Å². The number of hydrogen-bond acceptors (Lipinski definition) is 6. The van der Waals surface area contributed by atoms with Gasteiger partial charge in [-0.1, -0.05) is 24.2 Å². The van der Waals surface area contributed by atoms with E-state index in [1.54, 1.807) is 19.1 Å². The van der Waals surface area contributed by atoms with E-state index in [0.29, 0.717) is 29.2 Å². The molecule has 0 bridgehead atoms. The van der Waals surface area contributed by atoms with Crippen LogP contribution in [0.5, 0.6) is 5.75 Å². The van der Waals surface area contributed by atoms with Crippen LogP contribution in [0.3, 0.4) is 0 Å². The van der Waals surface area contributed by atoms with Gasteiger partial charge in [-0.25, -0.2) is 13.2 Å². The van der Waals surface area contributed by atoms with Crippen molar-refractivity contribution in [3.05, 3.63) is 58.1 Å². The van der Waals surface area contributed by atoms with Crippen molar-refractivity contribution in [1.82, 2.24) is 13.7 Å². The minimum absolute atomic E-state index is 0.195. The molecule has 158 valence electrons. The van der Waals surface area contributed by atoms with Crippen molar-refractivity contribution in [2.24, 2.45) is 0 Å². The lowest BCUT2D eigenvalue weighted by Gasteiger charge is -2.08. The summed E-state index contributed by atoms with van der Waals surface area (Å²) in [5, 5.41) is 4.69. The molecule has 0 fully saturated rings. The molecule has 0 saturated heterocycles. The van der Waals surface area contributed by atoms with Crippen LogP contribution in [0.25, 0.3) is 22.0 Å². The lowest BCUT2D eigenvalue weighted by molar-refractivity contribution is 0.317. The van der Waals surface area contributed by atoms with Gasteiger partial charge in [0.2, 0.25) is 10.0 Å². The fraction of sp³-hybridized carbons (Fsp3) is 0.333. The number of aryl methyl sites for hydroxylation is 1. The number of imidazole rings is 1. The van der Waals surface area contributed by atoms with Crippen molar-refractivity contribution in [3.8, 4) is 5.75 Å². The molecule has 2 heterocycles. The number of fused-ring (bicyclic) bond motifs is 2. The van der Waals surface area contributed by atoms with E-state index in [1.165, 1.54) is 11.5 Å². The summed E-state index contributed by atoms with van der Waals surface area (Å²) < 4.78 is 38.7. The van der Waals surface area contributed by atoms with Crippen LogP contribution in [0.4, 0.5) is 0 Å². The molecule has 0 aliphatic heterocycles. The minimum atomic E-state index is -3.81. The first-order valence-corrected chi connectivity index (χ1v) is 11.4. The minimum Gasteiger partial charge on any atom is -0.494 e. The van der Waals surface area contributed by atoms with E-state index in [1.807, 2.05) is 31.2 Å². The molecule has 4 rings (SSSR count). The Labute approximate surface area is 173 Å². The van der Waals surface area contributed by atoms with Crippen LogP contribution < -0.4 is 10.4 Å². The second-order valence-electron chi connectivity index (χ2n) is 7.13. The summed E-state index contributed by atoms with van der Waals surface area (Å²) in [6.45, 7) is 6.15. The molecule has 0 atom stereocenters.